The van der Waals surface area contributed by atoms with Gasteiger partial charge in [-0.3, -0.25) is 9.59 Å². The maximum Gasteiger partial charge on any atom is 0.310 e. The molecule has 8 heteroatoms. The maximum atomic E-state index is 13.3. The van der Waals surface area contributed by atoms with Crippen molar-refractivity contribution in [3.8, 4) is 11.4 Å². The van der Waals surface area contributed by atoms with Crippen LogP contribution in [-0.2, 0) is 16.0 Å². The highest BCUT2D eigenvalue weighted by Gasteiger charge is 2.18. The predicted octanol–water partition coefficient (Wildman–Crippen LogP) is 3.77. The Morgan fingerprint density at radius 1 is 1.12 bits per heavy atom. The van der Waals surface area contributed by atoms with Crippen molar-refractivity contribution >= 4 is 23.1 Å². The standard InChI is InChI=1S/C25H25N5O3/c1-3-33-22(31)15-18-8-4-5-11-20(18)27-25(32)23-21-12-7-13-30(21)29-24(28-23)19-10-6-9-17(14-19)16(2)26/h4-14,16H,3,15,26H2,1-2H3,(H,27,32)/t16-/m0/s1. The third-order valence-corrected chi connectivity index (χ3v) is 5.18. The molecule has 0 saturated carbocycles. The predicted molar refractivity (Wildman–Crippen MR) is 126 cm³/mol. The number of rotatable bonds is 7. The molecule has 1 amide bonds. The summed E-state index contributed by atoms with van der Waals surface area (Å²) in [4.78, 5) is 29.9. The average molecular weight is 444 g/mol. The molecule has 33 heavy (non-hydrogen) atoms. The van der Waals surface area contributed by atoms with Crippen LogP contribution >= 0.6 is 0 Å². The third-order valence-electron chi connectivity index (χ3n) is 5.18. The largest absolute Gasteiger partial charge is 0.466 e. The number of nitrogens with zero attached hydrogens (tertiary/aromatic N) is 3. The van der Waals surface area contributed by atoms with E-state index in [1.54, 1.807) is 48.0 Å². The van der Waals surface area contributed by atoms with Crippen LogP contribution in [0, 0.1) is 0 Å². The van der Waals surface area contributed by atoms with Crippen molar-refractivity contribution in [3.05, 3.63) is 83.7 Å². The van der Waals surface area contributed by atoms with Crippen LogP contribution in [0.15, 0.2) is 66.9 Å². The smallest absolute Gasteiger partial charge is 0.310 e. The van der Waals surface area contributed by atoms with Crippen molar-refractivity contribution < 1.29 is 14.3 Å². The van der Waals surface area contributed by atoms with Crippen LogP contribution in [0.25, 0.3) is 16.9 Å². The molecule has 0 fully saturated rings. The van der Waals surface area contributed by atoms with E-state index in [-0.39, 0.29) is 24.1 Å². The van der Waals surface area contributed by atoms with E-state index in [1.165, 1.54) is 0 Å². The first kappa shape index (κ1) is 22.2. The lowest BCUT2D eigenvalue weighted by atomic mass is 10.1. The molecular weight excluding hydrogens is 418 g/mol. The molecule has 0 aliphatic heterocycles. The Kier molecular flexibility index (Phi) is 6.46. The van der Waals surface area contributed by atoms with Gasteiger partial charge in [0.05, 0.1) is 18.5 Å². The minimum Gasteiger partial charge on any atom is -0.466 e. The Balaban J connectivity index is 1.69. The molecule has 8 nitrogen and oxygen atoms in total. The molecule has 0 saturated heterocycles. The lowest BCUT2D eigenvalue weighted by Gasteiger charge is -2.12. The Morgan fingerprint density at radius 3 is 2.73 bits per heavy atom. The highest BCUT2D eigenvalue weighted by molar-refractivity contribution is 6.08. The van der Waals surface area contributed by atoms with Gasteiger partial charge in [0.15, 0.2) is 11.5 Å². The van der Waals surface area contributed by atoms with E-state index in [1.807, 2.05) is 37.3 Å². The molecule has 3 N–H and O–H groups in total. The van der Waals surface area contributed by atoms with Crippen LogP contribution in [0.4, 0.5) is 5.69 Å². The van der Waals surface area contributed by atoms with Gasteiger partial charge in [0.2, 0.25) is 0 Å². The van der Waals surface area contributed by atoms with Crippen LogP contribution in [0.5, 0.6) is 0 Å². The second-order valence-electron chi connectivity index (χ2n) is 7.63. The minimum absolute atomic E-state index is 0.0594. The molecule has 0 aliphatic rings. The van der Waals surface area contributed by atoms with E-state index in [0.29, 0.717) is 29.2 Å². The number of fused-ring (bicyclic) bond motifs is 1. The number of aromatic nitrogens is 3. The van der Waals surface area contributed by atoms with Gasteiger partial charge in [0.25, 0.3) is 5.91 Å². The number of hydrogen-bond donors (Lipinski definition) is 2. The van der Waals surface area contributed by atoms with Gasteiger partial charge in [-0.1, -0.05) is 36.4 Å². The lowest BCUT2D eigenvalue weighted by molar-refractivity contribution is -0.142. The fourth-order valence-corrected chi connectivity index (χ4v) is 3.53. The van der Waals surface area contributed by atoms with Crippen molar-refractivity contribution in [3.63, 3.8) is 0 Å². The molecule has 0 aliphatic carbocycles. The number of nitrogens with two attached hydrogens (primary N) is 1. The van der Waals surface area contributed by atoms with Gasteiger partial charge in [-0.15, -0.1) is 5.10 Å². The van der Waals surface area contributed by atoms with Crippen molar-refractivity contribution in [2.24, 2.45) is 5.73 Å². The number of esters is 1. The molecule has 2 aromatic carbocycles. The van der Waals surface area contributed by atoms with Crippen molar-refractivity contribution in [2.45, 2.75) is 26.3 Å². The molecule has 0 unspecified atom stereocenters. The van der Waals surface area contributed by atoms with E-state index in [4.69, 9.17) is 10.5 Å². The average Bonchev–Trinajstić information content (AvgIpc) is 3.28. The summed E-state index contributed by atoms with van der Waals surface area (Å²) in [5.74, 6) is -0.348. The molecule has 168 valence electrons. The summed E-state index contributed by atoms with van der Waals surface area (Å²) < 4.78 is 6.67. The summed E-state index contributed by atoms with van der Waals surface area (Å²) in [7, 11) is 0. The summed E-state index contributed by atoms with van der Waals surface area (Å²) in [6, 6.07) is 18.2. The zero-order chi connectivity index (χ0) is 23.4. The molecule has 0 bridgehead atoms. The fraction of sp³-hybridized carbons (Fsp3) is 0.200. The van der Waals surface area contributed by atoms with Gasteiger partial charge in [0, 0.05) is 23.5 Å². The van der Waals surface area contributed by atoms with Gasteiger partial charge in [0.1, 0.15) is 0 Å². The second-order valence-corrected chi connectivity index (χ2v) is 7.63. The Labute approximate surface area is 191 Å². The summed E-state index contributed by atoms with van der Waals surface area (Å²) in [6.07, 6.45) is 1.82. The molecule has 0 spiro atoms. The van der Waals surface area contributed by atoms with Crippen LogP contribution < -0.4 is 11.1 Å². The highest BCUT2D eigenvalue weighted by atomic mass is 16.5. The van der Waals surface area contributed by atoms with Crippen molar-refractivity contribution in [1.82, 2.24) is 14.6 Å². The lowest BCUT2D eigenvalue weighted by Crippen LogP contribution is -2.18. The molecule has 0 radical (unpaired) electrons. The SMILES string of the molecule is CCOC(=O)Cc1ccccc1NC(=O)c1nc(-c2cccc([C@H](C)N)c2)nn2cccc12. The fourth-order valence-electron chi connectivity index (χ4n) is 3.53. The van der Waals surface area contributed by atoms with E-state index in [2.05, 4.69) is 15.4 Å². The number of amides is 1. The van der Waals surface area contributed by atoms with Crippen LogP contribution in [0.2, 0.25) is 0 Å². The normalized spacial score (nSPS) is 11.8. The Morgan fingerprint density at radius 2 is 1.94 bits per heavy atom. The highest BCUT2D eigenvalue weighted by Crippen LogP contribution is 2.23. The summed E-state index contributed by atoms with van der Waals surface area (Å²) in [5.41, 5.74) is 9.72. The summed E-state index contributed by atoms with van der Waals surface area (Å²) >= 11 is 0. The minimum atomic E-state index is -0.401. The van der Waals surface area contributed by atoms with Crippen LogP contribution in [-0.4, -0.2) is 33.1 Å². The summed E-state index contributed by atoms with van der Waals surface area (Å²) in [5, 5.41) is 7.45. The van der Waals surface area contributed by atoms with Crippen LogP contribution in [0.1, 0.15) is 41.5 Å². The van der Waals surface area contributed by atoms with Crippen molar-refractivity contribution in [1.29, 1.82) is 0 Å². The topological polar surface area (TPSA) is 112 Å². The number of carbonyl (C=O) groups is 2. The maximum absolute atomic E-state index is 13.3. The molecule has 4 rings (SSSR count). The Bertz CT molecular complexity index is 1310. The number of ether oxygens (including phenoxy) is 1. The van der Waals surface area contributed by atoms with Crippen LogP contribution in [0.3, 0.4) is 0 Å². The number of anilines is 1. The second kappa shape index (κ2) is 9.62. The van der Waals surface area contributed by atoms with Crippen molar-refractivity contribution in [2.75, 3.05) is 11.9 Å². The third kappa shape index (κ3) is 4.91. The molecule has 2 heterocycles. The van der Waals surface area contributed by atoms with Gasteiger partial charge in [-0.05, 0) is 49.2 Å². The number of hydrogen-bond acceptors (Lipinski definition) is 6. The quantitative estimate of drug-likeness (QED) is 0.421. The first-order valence-corrected chi connectivity index (χ1v) is 10.7. The molecule has 2 aromatic heterocycles. The molecular formula is C25H25N5O3. The zero-order valence-electron chi connectivity index (χ0n) is 18.5. The van der Waals surface area contributed by atoms with Gasteiger partial charge >= 0.3 is 5.97 Å². The Hall–Kier alpha value is -4.04. The summed E-state index contributed by atoms with van der Waals surface area (Å²) in [6.45, 7) is 3.96. The van der Waals surface area contributed by atoms with E-state index < -0.39 is 5.91 Å². The molecule has 4 aromatic rings. The zero-order valence-corrected chi connectivity index (χ0v) is 18.5. The van der Waals surface area contributed by atoms with Gasteiger partial charge in [-0.2, -0.15) is 0 Å². The van der Waals surface area contributed by atoms with E-state index in [9.17, 15) is 9.59 Å². The first-order chi connectivity index (χ1) is 16.0. The first-order valence-electron chi connectivity index (χ1n) is 10.7. The van der Waals surface area contributed by atoms with E-state index >= 15 is 0 Å². The number of para-hydroxylation sites is 1. The molecule has 1 atom stereocenters. The monoisotopic (exact) mass is 443 g/mol. The number of carbonyl (C=O) groups excluding carboxylic acids is 2. The van der Waals surface area contributed by atoms with Gasteiger partial charge < -0.3 is 15.8 Å². The van der Waals surface area contributed by atoms with E-state index in [0.717, 1.165) is 11.1 Å². The number of nitrogens with one attached hydrogen (secondary N) is 1. The number of benzene rings is 2. The van der Waals surface area contributed by atoms with Gasteiger partial charge in [-0.25, -0.2) is 9.50 Å².